The Morgan fingerprint density at radius 1 is 0.484 bits per heavy atom. The van der Waals surface area contributed by atoms with Gasteiger partial charge in [-0.15, -0.1) is 0 Å². The number of hydrogen-bond donors (Lipinski definition) is 0. The molecular formula is C49H68BrF6N7Sn. The molecule has 352 valence electrons. The van der Waals surface area contributed by atoms with Gasteiger partial charge in [0.15, 0.2) is 0 Å². The van der Waals surface area contributed by atoms with E-state index in [0.29, 0.717) is 15.7 Å². The third-order valence-electron chi connectivity index (χ3n) is 10.4. The van der Waals surface area contributed by atoms with Gasteiger partial charge in [0.1, 0.15) is 0 Å². The van der Waals surface area contributed by atoms with E-state index in [1.807, 2.05) is 24.5 Å². The molecule has 0 radical (unpaired) electrons. The molecule has 0 aliphatic heterocycles. The molecule has 0 unspecified atom stereocenters. The van der Waals surface area contributed by atoms with Crippen molar-refractivity contribution in [3.8, 4) is 11.3 Å². The average molecular weight is 1070 g/mol. The minimum atomic E-state index is -4.53. The first kappa shape index (κ1) is 56.6. The Morgan fingerprint density at radius 3 is 1.23 bits per heavy atom. The minimum Gasteiger partial charge on any atom is -0.232 e. The Hall–Kier alpha value is -3.53. The van der Waals surface area contributed by atoms with E-state index >= 15 is 0 Å². The molecule has 15 heteroatoms. The van der Waals surface area contributed by atoms with Gasteiger partial charge >= 0.3 is 162 Å². The third kappa shape index (κ3) is 19.5. The Morgan fingerprint density at radius 2 is 0.859 bits per heavy atom. The molecule has 0 saturated carbocycles. The SMILES string of the molecule is CC(C)(C)c1ccnc(-c2cnc(C(F)(F)F)nc2)c1.CC(C)(C)c1ccncc1.CCC[CH2][Sn]([CH2]CCC)([CH2]CCC)[c]1cc(C(C)(C)C)ccn1.FC(F)(F)c1ncc(Br)cn1. The molecule has 0 N–H and O–H groups in total. The first-order valence-corrected chi connectivity index (χ1v) is 30.2. The molecule has 5 aromatic rings. The number of hydrogen-bond acceptors (Lipinski definition) is 7. The molecule has 5 heterocycles. The Labute approximate surface area is 390 Å². The quantitative estimate of drug-likeness (QED) is 0.0961. The van der Waals surface area contributed by atoms with E-state index in [1.165, 1.54) is 63.0 Å². The zero-order valence-corrected chi connectivity index (χ0v) is 44.2. The number of unbranched alkanes of at least 4 members (excludes halogenated alkanes) is 3. The van der Waals surface area contributed by atoms with Crippen molar-refractivity contribution in [2.75, 3.05) is 0 Å². The van der Waals surface area contributed by atoms with Crippen molar-refractivity contribution in [2.45, 2.75) is 164 Å². The first-order chi connectivity index (χ1) is 29.7. The standard InChI is InChI=1S/C14H14F3N3.C9H13N.C9H12N.C5H2BrF3N2.3C4H9.Sn/c1-13(2,3)10-4-5-18-11(6-10)9-7-19-12(20-8-9)14(15,16)17;2*1-9(2,3)8-4-6-10-7-5-8;6-3-1-10-4(11-2-3)5(7,8)9;3*1-3-4-2;/h4-8H,1-3H3;4-7H,1-3H3;4-6H,1-3H3;1-2H;3*1,3-4H2,2H3;. The van der Waals surface area contributed by atoms with Gasteiger partial charge in [0.05, 0.1) is 10.2 Å². The van der Waals surface area contributed by atoms with E-state index < -0.39 is 42.4 Å². The van der Waals surface area contributed by atoms with Gasteiger partial charge in [-0.3, -0.25) is 9.97 Å². The summed E-state index contributed by atoms with van der Waals surface area (Å²) >= 11 is 0.568. The maximum absolute atomic E-state index is 12.4. The molecule has 0 aliphatic rings. The number of alkyl halides is 6. The van der Waals surface area contributed by atoms with Crippen LogP contribution in [0.2, 0.25) is 13.3 Å². The van der Waals surface area contributed by atoms with E-state index in [9.17, 15) is 26.3 Å². The molecule has 0 bridgehead atoms. The fourth-order valence-electron chi connectivity index (χ4n) is 6.46. The molecule has 0 aromatic carbocycles. The molecule has 64 heavy (non-hydrogen) atoms. The molecule has 0 aliphatic carbocycles. The largest absolute Gasteiger partial charge is 0.451 e. The van der Waals surface area contributed by atoms with E-state index in [4.69, 9.17) is 4.98 Å². The zero-order chi connectivity index (χ0) is 48.4. The molecule has 7 nitrogen and oxygen atoms in total. The second kappa shape index (κ2) is 25.4. The summed E-state index contributed by atoms with van der Waals surface area (Å²) in [5, 5.41) is 0. The molecule has 0 fully saturated rings. The van der Waals surface area contributed by atoms with Crippen LogP contribution >= 0.6 is 15.9 Å². The van der Waals surface area contributed by atoms with Crippen LogP contribution in [0.15, 0.2) is 90.4 Å². The van der Waals surface area contributed by atoms with Gasteiger partial charge in [-0.05, 0) is 62.2 Å². The maximum Gasteiger partial charge on any atom is 0.451 e. The second-order valence-electron chi connectivity index (χ2n) is 19.0. The summed E-state index contributed by atoms with van der Waals surface area (Å²) < 4.78 is 79.1. The topological polar surface area (TPSA) is 90.2 Å². The van der Waals surface area contributed by atoms with Crippen LogP contribution in [0.25, 0.3) is 11.3 Å². The van der Waals surface area contributed by atoms with E-state index in [-0.39, 0.29) is 16.2 Å². The second-order valence-corrected chi connectivity index (χ2v) is 32.9. The molecular weight excluding hydrogens is 999 g/mol. The monoisotopic (exact) mass is 1070 g/mol. The van der Waals surface area contributed by atoms with Gasteiger partial charge in [0.2, 0.25) is 11.6 Å². The van der Waals surface area contributed by atoms with Crippen molar-refractivity contribution < 1.29 is 26.3 Å². The normalized spacial score (nSPS) is 12.2. The Kier molecular flexibility index (Phi) is 22.5. The number of rotatable bonds is 11. The van der Waals surface area contributed by atoms with Crippen molar-refractivity contribution >= 4 is 38.0 Å². The summed E-state index contributed by atoms with van der Waals surface area (Å²) in [5.74, 6) is -2.27. The van der Waals surface area contributed by atoms with E-state index in [1.54, 1.807) is 9.91 Å². The maximum atomic E-state index is 12.4. The van der Waals surface area contributed by atoms with Gasteiger partial charge in [-0.1, -0.05) is 41.5 Å². The summed E-state index contributed by atoms with van der Waals surface area (Å²) in [6.45, 7) is 26.8. The van der Waals surface area contributed by atoms with Crippen LogP contribution in [0.5, 0.6) is 0 Å². The number of nitrogens with zero attached hydrogens (tertiary/aromatic N) is 7. The van der Waals surface area contributed by atoms with Crippen LogP contribution in [-0.2, 0) is 28.6 Å². The van der Waals surface area contributed by atoms with E-state index in [0.717, 1.165) is 30.4 Å². The summed E-state index contributed by atoms with van der Waals surface area (Å²) in [7, 11) is 0. The van der Waals surface area contributed by atoms with Crippen LogP contribution < -0.4 is 3.71 Å². The molecule has 5 rings (SSSR count). The summed E-state index contributed by atoms with van der Waals surface area (Å²) in [5.41, 5.74) is 5.30. The predicted octanol–water partition coefficient (Wildman–Crippen LogP) is 14.9. The van der Waals surface area contributed by atoms with Crippen LogP contribution in [0.4, 0.5) is 26.3 Å². The van der Waals surface area contributed by atoms with Crippen LogP contribution in [0, 0.1) is 0 Å². The molecule has 0 amide bonds. The van der Waals surface area contributed by atoms with Crippen LogP contribution in [0.3, 0.4) is 0 Å². The van der Waals surface area contributed by atoms with Gasteiger partial charge in [-0.2, -0.15) is 26.3 Å². The number of aromatic nitrogens is 7. The predicted molar refractivity (Wildman–Crippen MR) is 254 cm³/mol. The van der Waals surface area contributed by atoms with Crippen molar-refractivity contribution in [2.24, 2.45) is 0 Å². The summed E-state index contributed by atoms with van der Waals surface area (Å²) in [4.78, 5) is 25.9. The van der Waals surface area contributed by atoms with Crippen molar-refractivity contribution in [1.82, 2.24) is 34.9 Å². The molecule has 0 atom stereocenters. The summed E-state index contributed by atoms with van der Waals surface area (Å²) in [6, 6.07) is 12.6. The molecule has 0 saturated heterocycles. The zero-order valence-electron chi connectivity index (χ0n) is 39.7. The number of pyridine rings is 3. The average Bonchev–Trinajstić information content (AvgIpc) is 3.23. The molecule has 5 aromatic heterocycles. The Balaban J connectivity index is 0.000000310. The van der Waals surface area contributed by atoms with Gasteiger partial charge < -0.3 is 0 Å². The van der Waals surface area contributed by atoms with Gasteiger partial charge in [0.25, 0.3) is 0 Å². The van der Waals surface area contributed by atoms with Crippen LogP contribution in [0.1, 0.15) is 150 Å². The fraction of sp³-hybridized carbons (Fsp3) is 0.531. The minimum absolute atomic E-state index is 0.0650. The van der Waals surface area contributed by atoms with Gasteiger partial charge in [0, 0.05) is 48.9 Å². The first-order valence-electron chi connectivity index (χ1n) is 22.0. The van der Waals surface area contributed by atoms with Crippen molar-refractivity contribution in [3.63, 3.8) is 0 Å². The fourth-order valence-corrected chi connectivity index (χ4v) is 22.1. The summed E-state index contributed by atoms with van der Waals surface area (Å²) in [6.07, 6.45) is 11.0. The van der Waals surface area contributed by atoms with E-state index in [2.05, 4.69) is 159 Å². The van der Waals surface area contributed by atoms with Gasteiger partial charge in [-0.25, -0.2) is 19.9 Å². The number of halogens is 7. The Bertz CT molecular complexity index is 2060. The van der Waals surface area contributed by atoms with Crippen molar-refractivity contribution in [3.05, 3.63) is 119 Å². The third-order valence-corrected chi connectivity index (χ3v) is 26.0. The van der Waals surface area contributed by atoms with Crippen molar-refractivity contribution in [1.29, 1.82) is 0 Å². The molecule has 0 spiro atoms. The smallest absolute Gasteiger partial charge is 0.232 e. The van der Waals surface area contributed by atoms with Crippen LogP contribution in [-0.4, -0.2) is 53.3 Å².